The molecule has 0 saturated carbocycles. The maximum absolute atomic E-state index is 8.63. The minimum atomic E-state index is -4.92. The number of hydrogen-bond acceptors (Lipinski definition) is 3. The van der Waals surface area contributed by atoms with E-state index in [0.29, 0.717) is 0 Å². The molecule has 7 heteroatoms. The third-order valence-corrected chi connectivity index (χ3v) is 0. The molecular weight excluding hydrogens is 192 g/mol. The molecule has 0 spiro atoms. The maximum atomic E-state index is 8.63. The molecule has 0 aromatic rings. The van der Waals surface area contributed by atoms with Crippen LogP contribution < -0.4 is 0 Å². The maximum Gasteiger partial charge on any atom is 1.00 e. The van der Waals surface area contributed by atoms with Crippen LogP contribution in [0.2, 0.25) is 0 Å². The average molecular weight is 196 g/mol. The summed E-state index contributed by atoms with van der Waals surface area (Å²) in [6, 6.07) is 0. The summed E-state index contributed by atoms with van der Waals surface area (Å²) in [7, 11) is -4.92. The van der Waals surface area contributed by atoms with E-state index in [1.165, 1.54) is 0 Å². The molecule has 0 aromatic heterocycles. The van der Waals surface area contributed by atoms with E-state index >= 15 is 0 Å². The Morgan fingerprint density at radius 3 is 1.43 bits per heavy atom. The van der Waals surface area contributed by atoms with Gasteiger partial charge >= 0.3 is 19.5 Å². The smallest absolute Gasteiger partial charge is 0.726 e. The molecule has 1 N–H and O–H groups in total. The molecular formula is H4O4PSZn. The summed E-state index contributed by atoms with van der Waals surface area (Å²) in [6.07, 6.45) is 0. The fraction of sp³-hybridized carbons (Fsp3) is 0. The van der Waals surface area contributed by atoms with Crippen molar-refractivity contribution in [2.45, 2.75) is 0 Å². The standard InChI is InChI=1S/H2O4S.H3P.Zn/c1-5(2,3)4;;/h(H2,1,2,3,4);1H3;/q;;+1/p-1. The second-order valence-corrected chi connectivity index (χ2v) is 1.28. The molecule has 0 heterocycles. The van der Waals surface area contributed by atoms with Gasteiger partial charge in [0.25, 0.3) is 0 Å². The van der Waals surface area contributed by atoms with Gasteiger partial charge in [0.2, 0.25) is 10.4 Å². The Balaban J connectivity index is -0.0000000800. The van der Waals surface area contributed by atoms with Crippen molar-refractivity contribution in [1.82, 2.24) is 0 Å². The van der Waals surface area contributed by atoms with Gasteiger partial charge in [-0.15, -0.1) is 0 Å². The largest absolute Gasteiger partial charge is 1.00 e. The fourth-order valence-corrected chi connectivity index (χ4v) is 0. The Morgan fingerprint density at radius 1 is 1.43 bits per heavy atom. The summed E-state index contributed by atoms with van der Waals surface area (Å²) < 4.78 is 32.8. The molecule has 1 unspecified atom stereocenters. The average Bonchev–Trinajstić information content (AvgIpc) is 0.722. The van der Waals surface area contributed by atoms with Crippen molar-refractivity contribution in [2.75, 3.05) is 0 Å². The minimum absolute atomic E-state index is 0. The van der Waals surface area contributed by atoms with Gasteiger partial charge in [0, 0.05) is 0 Å². The van der Waals surface area contributed by atoms with Gasteiger partial charge in [0.1, 0.15) is 0 Å². The van der Waals surface area contributed by atoms with Gasteiger partial charge in [-0.05, 0) is 0 Å². The van der Waals surface area contributed by atoms with E-state index in [-0.39, 0.29) is 29.4 Å². The van der Waals surface area contributed by atoms with E-state index in [1.54, 1.807) is 0 Å². The first kappa shape index (κ1) is 15.7. The SMILES string of the molecule is O=S(=O)([O-])O.P.[Zn+]. The van der Waals surface area contributed by atoms with Crippen molar-refractivity contribution >= 4 is 20.3 Å². The Morgan fingerprint density at radius 2 is 1.43 bits per heavy atom. The van der Waals surface area contributed by atoms with Crippen LogP contribution in [0.5, 0.6) is 0 Å². The first-order valence-electron chi connectivity index (χ1n) is 0.683. The Bertz CT molecular complexity index is 94.9. The van der Waals surface area contributed by atoms with Crippen LogP contribution in [0.15, 0.2) is 0 Å². The molecule has 0 aliphatic carbocycles. The van der Waals surface area contributed by atoms with E-state index in [2.05, 4.69) is 0 Å². The molecule has 0 fully saturated rings. The van der Waals surface area contributed by atoms with Crippen molar-refractivity contribution in [1.29, 1.82) is 0 Å². The van der Waals surface area contributed by atoms with Gasteiger partial charge in [-0.1, -0.05) is 0 Å². The van der Waals surface area contributed by atoms with Crippen LogP contribution in [-0.4, -0.2) is 17.5 Å². The third kappa shape index (κ3) is 197. The summed E-state index contributed by atoms with van der Waals surface area (Å²) in [4.78, 5) is 0. The Labute approximate surface area is 57.6 Å². The van der Waals surface area contributed by atoms with E-state index in [0.717, 1.165) is 0 Å². The van der Waals surface area contributed by atoms with E-state index < -0.39 is 10.4 Å². The van der Waals surface area contributed by atoms with Gasteiger partial charge in [-0.3, -0.25) is 4.55 Å². The van der Waals surface area contributed by atoms with Crippen LogP contribution in [-0.2, 0) is 29.9 Å². The van der Waals surface area contributed by atoms with Crippen LogP contribution >= 0.6 is 9.90 Å². The van der Waals surface area contributed by atoms with Gasteiger partial charge in [-0.25, -0.2) is 8.42 Å². The molecule has 7 heavy (non-hydrogen) atoms. The van der Waals surface area contributed by atoms with Crippen molar-refractivity contribution < 1.29 is 37.0 Å². The Hall–Kier alpha value is 0.923. The van der Waals surface area contributed by atoms with Crippen LogP contribution in [0.3, 0.4) is 0 Å². The first-order chi connectivity index (χ1) is 2.00. The summed E-state index contributed by atoms with van der Waals surface area (Å²) >= 11 is 0. The molecule has 0 amide bonds. The zero-order valence-corrected chi connectivity index (χ0v) is 8.69. The van der Waals surface area contributed by atoms with Crippen LogP contribution in [0.25, 0.3) is 0 Å². The summed E-state index contributed by atoms with van der Waals surface area (Å²) in [6.45, 7) is 0. The molecule has 1 atom stereocenters. The predicted octanol–water partition coefficient (Wildman–Crippen LogP) is -0.940. The van der Waals surface area contributed by atoms with E-state index in [9.17, 15) is 0 Å². The quantitative estimate of drug-likeness (QED) is 0.235. The normalized spacial score (nSPS) is 8.29. The van der Waals surface area contributed by atoms with Gasteiger partial charge in [-0.2, -0.15) is 9.90 Å². The molecule has 0 aliphatic rings. The fourth-order valence-electron chi connectivity index (χ4n) is 0. The second-order valence-electron chi connectivity index (χ2n) is 0.428. The van der Waals surface area contributed by atoms with Gasteiger partial charge in [0.05, 0.1) is 0 Å². The number of rotatable bonds is 0. The predicted molar refractivity (Wildman–Crippen MR) is 23.4 cm³/mol. The zero-order valence-electron chi connectivity index (χ0n) is 3.49. The topological polar surface area (TPSA) is 77.4 Å². The molecule has 0 rings (SSSR count). The molecule has 4 nitrogen and oxygen atoms in total. The minimum Gasteiger partial charge on any atom is -0.726 e. The summed E-state index contributed by atoms with van der Waals surface area (Å²) in [5.41, 5.74) is 0. The molecule has 0 aliphatic heterocycles. The van der Waals surface area contributed by atoms with Crippen LogP contribution in [0.1, 0.15) is 0 Å². The number of hydrogen-bond donors (Lipinski definition) is 1. The van der Waals surface area contributed by atoms with Crippen molar-refractivity contribution in [3.05, 3.63) is 0 Å². The monoisotopic (exact) mass is 195 g/mol. The van der Waals surface area contributed by atoms with Crippen LogP contribution in [0, 0.1) is 0 Å². The Kier molecular flexibility index (Phi) is 11.3. The third-order valence-electron chi connectivity index (χ3n) is 0. The summed E-state index contributed by atoms with van der Waals surface area (Å²) in [5, 5.41) is 0. The molecule has 41 valence electrons. The van der Waals surface area contributed by atoms with E-state index in [1.807, 2.05) is 0 Å². The van der Waals surface area contributed by atoms with Gasteiger partial charge < -0.3 is 4.55 Å². The van der Waals surface area contributed by atoms with Gasteiger partial charge in [0.15, 0.2) is 0 Å². The molecule has 1 radical (unpaired) electrons. The van der Waals surface area contributed by atoms with E-state index in [4.69, 9.17) is 17.5 Å². The van der Waals surface area contributed by atoms with Crippen LogP contribution in [0.4, 0.5) is 0 Å². The summed E-state index contributed by atoms with van der Waals surface area (Å²) in [5.74, 6) is 0. The molecule has 0 saturated heterocycles. The second kappa shape index (κ2) is 5.07. The zero-order chi connectivity index (χ0) is 4.50. The van der Waals surface area contributed by atoms with Crippen molar-refractivity contribution in [2.24, 2.45) is 0 Å². The molecule has 0 bridgehead atoms. The molecule has 0 aromatic carbocycles. The van der Waals surface area contributed by atoms with Crippen molar-refractivity contribution in [3.8, 4) is 0 Å². The first-order valence-corrected chi connectivity index (χ1v) is 2.05. The van der Waals surface area contributed by atoms with Crippen molar-refractivity contribution in [3.63, 3.8) is 0 Å².